The monoisotopic (exact) mass is 608 g/mol. The molecule has 244 valence electrons. The number of unbranched alkanes of at least 4 members (excludes halogenated alkanes) is 2. The number of benzene rings is 2. The Bertz CT molecular complexity index is 948. The molecule has 43 heavy (non-hydrogen) atoms. The molecule has 0 aliphatic heterocycles. The maximum Gasteiger partial charge on any atom is 0.121 e. The van der Waals surface area contributed by atoms with Crippen LogP contribution in [0.15, 0.2) is 24.3 Å². The Hall–Kier alpha value is -1.74. The molecule has 0 heterocycles. The SMILES string of the molecule is CCCC[Si](CCCC)(CCc1cc(CC(C)C)c(O)c(CC(C)C)c1)CCc1cc(CC(C)C)c(O)c(CC(C)C)c1. The maximum absolute atomic E-state index is 11.1. The maximum atomic E-state index is 11.1. The van der Waals surface area contributed by atoms with Crippen LogP contribution in [0.3, 0.4) is 0 Å². The van der Waals surface area contributed by atoms with E-state index in [1.807, 2.05) is 0 Å². The van der Waals surface area contributed by atoms with Gasteiger partial charge in [-0.3, -0.25) is 0 Å². The summed E-state index contributed by atoms with van der Waals surface area (Å²) in [4.78, 5) is 0. The van der Waals surface area contributed by atoms with Crippen LogP contribution in [0.4, 0.5) is 0 Å². The Morgan fingerprint density at radius 3 is 1.00 bits per heavy atom. The van der Waals surface area contributed by atoms with Crippen molar-refractivity contribution in [1.82, 2.24) is 0 Å². The Kier molecular flexibility index (Phi) is 15.9. The average Bonchev–Trinajstić information content (AvgIpc) is 2.91. The van der Waals surface area contributed by atoms with Crippen molar-refractivity contribution in [3.8, 4) is 11.5 Å². The van der Waals surface area contributed by atoms with E-state index in [1.165, 1.54) is 61.0 Å². The molecule has 0 radical (unpaired) electrons. The molecule has 0 unspecified atom stereocenters. The van der Waals surface area contributed by atoms with Crippen molar-refractivity contribution >= 4 is 8.07 Å². The van der Waals surface area contributed by atoms with Gasteiger partial charge in [0, 0.05) is 0 Å². The predicted molar refractivity (Wildman–Crippen MR) is 193 cm³/mol. The standard InChI is InChI=1S/C40H68O2Si/c1-11-13-17-43(18-14-12-2,19-15-33-25-35(21-29(3)4)39(41)36(26-33)22-30(5)6)20-16-34-27-37(23-31(7)8)40(42)38(28-34)24-32(9)10/h25-32,41-42H,11-24H2,1-10H3. The van der Waals surface area contributed by atoms with Crippen LogP contribution in [-0.2, 0) is 38.5 Å². The molecule has 0 amide bonds. The third kappa shape index (κ3) is 12.6. The smallest absolute Gasteiger partial charge is 0.121 e. The number of rotatable bonds is 20. The molecule has 0 spiro atoms. The fourth-order valence-corrected chi connectivity index (χ4v) is 12.4. The Labute approximate surface area is 268 Å². The van der Waals surface area contributed by atoms with Gasteiger partial charge in [-0.2, -0.15) is 0 Å². The first-order valence-electron chi connectivity index (χ1n) is 18.0. The molecular weight excluding hydrogens is 541 g/mol. The molecule has 0 bridgehead atoms. The van der Waals surface area contributed by atoms with Crippen LogP contribution in [0.5, 0.6) is 11.5 Å². The van der Waals surface area contributed by atoms with Crippen molar-refractivity contribution in [2.24, 2.45) is 23.7 Å². The lowest BCUT2D eigenvalue weighted by Gasteiger charge is -2.33. The van der Waals surface area contributed by atoms with Crippen molar-refractivity contribution in [3.63, 3.8) is 0 Å². The van der Waals surface area contributed by atoms with Crippen LogP contribution in [0.1, 0.15) is 128 Å². The van der Waals surface area contributed by atoms with Crippen molar-refractivity contribution in [3.05, 3.63) is 57.6 Å². The summed E-state index contributed by atoms with van der Waals surface area (Å²) in [6.07, 6.45) is 11.3. The number of hydrogen-bond donors (Lipinski definition) is 2. The summed E-state index contributed by atoms with van der Waals surface area (Å²) in [6, 6.07) is 14.9. The molecule has 0 saturated heterocycles. The van der Waals surface area contributed by atoms with Crippen molar-refractivity contribution in [2.45, 2.75) is 158 Å². The van der Waals surface area contributed by atoms with Crippen LogP contribution in [0.2, 0.25) is 24.2 Å². The molecular formula is C40H68O2Si. The highest BCUT2D eigenvalue weighted by atomic mass is 28.3. The predicted octanol–water partition coefficient (Wildman–Crippen LogP) is 11.7. The first-order chi connectivity index (χ1) is 20.3. The molecule has 2 nitrogen and oxygen atoms in total. The van der Waals surface area contributed by atoms with E-state index in [9.17, 15) is 10.2 Å². The van der Waals surface area contributed by atoms with Gasteiger partial charge in [-0.25, -0.2) is 0 Å². The second kappa shape index (κ2) is 18.3. The average molecular weight is 609 g/mol. The summed E-state index contributed by atoms with van der Waals surface area (Å²) >= 11 is 0. The van der Waals surface area contributed by atoms with E-state index in [1.54, 1.807) is 0 Å². The van der Waals surface area contributed by atoms with Gasteiger partial charge in [0.05, 0.1) is 8.07 Å². The van der Waals surface area contributed by atoms with Crippen LogP contribution in [-0.4, -0.2) is 18.3 Å². The summed E-state index contributed by atoms with van der Waals surface area (Å²) in [5, 5.41) is 22.3. The fourth-order valence-electron chi connectivity index (χ4n) is 7.01. The number of phenolic OH excluding ortho intramolecular Hbond substituents is 2. The second-order valence-corrected chi connectivity index (χ2v) is 20.6. The molecule has 2 N–H and O–H groups in total. The van der Waals surface area contributed by atoms with Gasteiger partial charge in [-0.15, -0.1) is 0 Å². The van der Waals surface area contributed by atoms with Gasteiger partial charge in [0.2, 0.25) is 0 Å². The topological polar surface area (TPSA) is 40.5 Å². The molecule has 2 rings (SSSR count). The fraction of sp³-hybridized carbons (Fsp3) is 0.700. The van der Waals surface area contributed by atoms with Crippen molar-refractivity contribution in [2.75, 3.05) is 0 Å². The molecule has 0 aromatic heterocycles. The summed E-state index contributed by atoms with van der Waals surface area (Å²) < 4.78 is 0. The lowest BCUT2D eigenvalue weighted by atomic mass is 9.92. The highest BCUT2D eigenvalue weighted by Gasteiger charge is 2.31. The van der Waals surface area contributed by atoms with E-state index >= 15 is 0 Å². The van der Waals surface area contributed by atoms with Gasteiger partial charge in [0.25, 0.3) is 0 Å². The molecule has 3 heteroatoms. The molecule has 0 aliphatic carbocycles. The Balaban J connectivity index is 2.44. The van der Waals surface area contributed by atoms with E-state index < -0.39 is 8.07 Å². The van der Waals surface area contributed by atoms with Crippen LogP contribution in [0.25, 0.3) is 0 Å². The van der Waals surface area contributed by atoms with Gasteiger partial charge in [0.15, 0.2) is 0 Å². The summed E-state index contributed by atoms with van der Waals surface area (Å²) in [7, 11) is -1.55. The lowest BCUT2D eigenvalue weighted by molar-refractivity contribution is 0.450. The van der Waals surface area contributed by atoms with Gasteiger partial charge >= 0.3 is 0 Å². The molecule has 2 aromatic rings. The normalized spacial score (nSPS) is 12.4. The molecule has 0 fully saturated rings. The first-order valence-corrected chi connectivity index (χ1v) is 20.8. The number of aryl methyl sites for hydroxylation is 2. The highest BCUT2D eigenvalue weighted by Crippen LogP contribution is 2.37. The van der Waals surface area contributed by atoms with Crippen molar-refractivity contribution in [1.29, 1.82) is 0 Å². The zero-order valence-corrected chi connectivity index (χ0v) is 30.9. The van der Waals surface area contributed by atoms with Crippen LogP contribution < -0.4 is 0 Å². The third-order valence-electron chi connectivity index (χ3n) is 9.18. The van der Waals surface area contributed by atoms with E-state index in [2.05, 4.69) is 93.5 Å². The van der Waals surface area contributed by atoms with E-state index in [0.29, 0.717) is 35.2 Å². The van der Waals surface area contributed by atoms with E-state index in [4.69, 9.17) is 0 Å². The van der Waals surface area contributed by atoms with E-state index in [0.717, 1.165) is 60.8 Å². The van der Waals surface area contributed by atoms with Crippen LogP contribution >= 0.6 is 0 Å². The lowest BCUT2D eigenvalue weighted by Crippen LogP contribution is -2.35. The van der Waals surface area contributed by atoms with Gasteiger partial charge in [0.1, 0.15) is 11.5 Å². The van der Waals surface area contributed by atoms with Crippen molar-refractivity contribution < 1.29 is 10.2 Å². The first kappa shape index (κ1) is 37.4. The summed E-state index contributed by atoms with van der Waals surface area (Å²) in [5.41, 5.74) is 7.48. The Morgan fingerprint density at radius 1 is 0.488 bits per heavy atom. The number of phenols is 2. The number of hydrogen-bond acceptors (Lipinski definition) is 2. The van der Waals surface area contributed by atoms with Gasteiger partial charge in [-0.05, 0) is 95.6 Å². The Morgan fingerprint density at radius 2 is 0.767 bits per heavy atom. The van der Waals surface area contributed by atoms with Gasteiger partial charge < -0.3 is 10.2 Å². The molecule has 0 atom stereocenters. The third-order valence-corrected chi connectivity index (χ3v) is 14.6. The number of aromatic hydroxyl groups is 2. The highest BCUT2D eigenvalue weighted by molar-refractivity contribution is 6.79. The summed E-state index contributed by atoms with van der Waals surface area (Å²) in [6.45, 7) is 22.7. The largest absolute Gasteiger partial charge is 0.507 e. The minimum Gasteiger partial charge on any atom is -0.507 e. The molecule has 0 saturated carbocycles. The quantitative estimate of drug-likeness (QED) is 0.147. The van der Waals surface area contributed by atoms with Crippen LogP contribution in [0, 0.1) is 23.7 Å². The molecule has 2 aromatic carbocycles. The van der Waals surface area contributed by atoms with Gasteiger partial charge in [-0.1, -0.05) is 143 Å². The minimum absolute atomic E-state index is 0.530. The second-order valence-electron chi connectivity index (χ2n) is 15.6. The summed E-state index contributed by atoms with van der Waals surface area (Å²) in [5.74, 6) is 3.22. The minimum atomic E-state index is -1.55. The molecule has 0 aliphatic rings. The zero-order valence-electron chi connectivity index (χ0n) is 29.9. The zero-order chi connectivity index (χ0) is 32.2. The van der Waals surface area contributed by atoms with E-state index in [-0.39, 0.29) is 0 Å².